The maximum atomic E-state index is 6.03. The van der Waals surface area contributed by atoms with Crippen LogP contribution in [0.5, 0.6) is 5.75 Å². The smallest absolute Gasteiger partial charge is 0.166 e. The van der Waals surface area contributed by atoms with Crippen LogP contribution in [0.15, 0.2) is 77.5 Å². The van der Waals surface area contributed by atoms with Crippen LogP contribution in [0, 0.1) is 17.3 Å². The predicted octanol–water partition coefficient (Wildman–Crippen LogP) is 5.96. The average Bonchev–Trinajstić information content (AvgIpc) is 3.27. The molecule has 0 aliphatic carbocycles. The maximum absolute atomic E-state index is 6.03. The van der Waals surface area contributed by atoms with Crippen molar-refractivity contribution in [2.45, 2.75) is 33.9 Å². The molecule has 0 saturated carbocycles. The van der Waals surface area contributed by atoms with Crippen LogP contribution in [0.4, 0.5) is 0 Å². The minimum Gasteiger partial charge on any atom is -0.489 e. The minimum absolute atomic E-state index is 0.0357. The van der Waals surface area contributed by atoms with Gasteiger partial charge in [0.2, 0.25) is 0 Å². The molecule has 0 amide bonds. The van der Waals surface area contributed by atoms with Crippen molar-refractivity contribution >= 4 is 0 Å². The van der Waals surface area contributed by atoms with Crippen molar-refractivity contribution in [2.75, 3.05) is 13.6 Å². The van der Waals surface area contributed by atoms with Crippen LogP contribution < -0.4 is 4.74 Å². The van der Waals surface area contributed by atoms with E-state index in [9.17, 15) is 0 Å². The van der Waals surface area contributed by atoms with Crippen LogP contribution in [0.3, 0.4) is 0 Å². The zero-order chi connectivity index (χ0) is 22.1. The Kier molecular flexibility index (Phi) is 7.70. The molecular formula is C27H30N2O2. The van der Waals surface area contributed by atoms with Crippen molar-refractivity contribution in [3.63, 3.8) is 0 Å². The van der Waals surface area contributed by atoms with E-state index in [1.54, 1.807) is 6.20 Å². The first-order valence-corrected chi connectivity index (χ1v) is 10.5. The lowest BCUT2D eigenvalue weighted by Gasteiger charge is -2.15. The molecule has 0 spiro atoms. The van der Waals surface area contributed by atoms with E-state index in [0.29, 0.717) is 6.61 Å². The van der Waals surface area contributed by atoms with Crippen molar-refractivity contribution in [3.8, 4) is 28.9 Å². The third kappa shape index (κ3) is 7.81. The molecule has 0 N–H and O–H groups in total. The third-order valence-corrected chi connectivity index (χ3v) is 4.47. The van der Waals surface area contributed by atoms with Gasteiger partial charge in [-0.1, -0.05) is 53.4 Å². The third-order valence-electron chi connectivity index (χ3n) is 4.47. The van der Waals surface area contributed by atoms with Crippen LogP contribution >= 0.6 is 0 Å². The molecule has 2 aromatic carbocycles. The fraction of sp³-hybridized carbons (Fsp3) is 0.296. The fourth-order valence-corrected chi connectivity index (χ4v) is 3.01. The number of ether oxygens (including phenoxy) is 1. The number of rotatable bonds is 8. The van der Waals surface area contributed by atoms with E-state index in [1.165, 1.54) is 5.56 Å². The number of hydrogen-bond donors (Lipinski definition) is 0. The van der Waals surface area contributed by atoms with Crippen molar-refractivity contribution < 1.29 is 9.26 Å². The highest BCUT2D eigenvalue weighted by atomic mass is 16.5. The summed E-state index contributed by atoms with van der Waals surface area (Å²) < 4.78 is 11.3. The Morgan fingerprint density at radius 3 is 2.65 bits per heavy atom. The lowest BCUT2D eigenvalue weighted by Crippen LogP contribution is -2.17. The molecule has 3 aromatic rings. The summed E-state index contributed by atoms with van der Waals surface area (Å²) in [4.78, 5) is 2.25. The van der Waals surface area contributed by atoms with Gasteiger partial charge in [-0.15, -0.1) is 0 Å². The number of nitrogens with zero attached hydrogens (tertiary/aromatic N) is 2. The van der Waals surface area contributed by atoms with Crippen LogP contribution in [-0.4, -0.2) is 23.6 Å². The molecule has 0 aliphatic rings. The van der Waals surface area contributed by atoms with Crippen molar-refractivity contribution in [1.29, 1.82) is 0 Å². The summed E-state index contributed by atoms with van der Waals surface area (Å²) in [6.45, 7) is 8.52. The van der Waals surface area contributed by atoms with Gasteiger partial charge in [-0.3, -0.25) is 4.90 Å². The minimum atomic E-state index is 0.0357. The van der Waals surface area contributed by atoms with Gasteiger partial charge in [0.05, 0.1) is 6.20 Å². The Morgan fingerprint density at radius 1 is 1.06 bits per heavy atom. The van der Waals surface area contributed by atoms with E-state index in [-0.39, 0.29) is 5.41 Å². The van der Waals surface area contributed by atoms with Crippen LogP contribution in [0.1, 0.15) is 31.9 Å². The molecule has 0 fully saturated rings. The molecule has 1 aromatic heterocycles. The van der Waals surface area contributed by atoms with Gasteiger partial charge >= 0.3 is 0 Å². The summed E-state index contributed by atoms with van der Waals surface area (Å²) in [6, 6.07) is 18.2. The van der Waals surface area contributed by atoms with Crippen LogP contribution in [0.25, 0.3) is 11.3 Å². The maximum Gasteiger partial charge on any atom is 0.166 e. The SMILES string of the molecule is CN(C/C=C/C#CC(C)(C)C)Cc1cccc(OCc2cccc(-c3ccno3)c2)c1. The molecule has 4 nitrogen and oxygen atoms in total. The second-order valence-electron chi connectivity index (χ2n) is 8.63. The first-order chi connectivity index (χ1) is 14.9. The van der Waals surface area contributed by atoms with Gasteiger partial charge in [-0.05, 0) is 63.2 Å². The van der Waals surface area contributed by atoms with Gasteiger partial charge in [-0.25, -0.2) is 0 Å². The number of hydrogen-bond acceptors (Lipinski definition) is 4. The summed E-state index contributed by atoms with van der Waals surface area (Å²) in [5.41, 5.74) is 3.32. The largest absolute Gasteiger partial charge is 0.489 e. The normalized spacial score (nSPS) is 11.5. The quantitative estimate of drug-likeness (QED) is 0.427. The highest BCUT2D eigenvalue weighted by molar-refractivity contribution is 5.57. The highest BCUT2D eigenvalue weighted by Gasteiger charge is 2.05. The van der Waals surface area contributed by atoms with E-state index in [0.717, 1.165) is 35.7 Å². The lowest BCUT2D eigenvalue weighted by atomic mass is 9.98. The van der Waals surface area contributed by atoms with Gasteiger partial charge in [0, 0.05) is 30.1 Å². The molecule has 1 heterocycles. The molecule has 31 heavy (non-hydrogen) atoms. The Bertz CT molecular complexity index is 1050. The number of likely N-dealkylation sites (N-methyl/N-ethyl adjacent to an activating group) is 1. The summed E-state index contributed by atoms with van der Waals surface area (Å²) in [5.74, 6) is 7.94. The second-order valence-corrected chi connectivity index (χ2v) is 8.63. The van der Waals surface area contributed by atoms with Gasteiger partial charge in [0.25, 0.3) is 0 Å². The highest BCUT2D eigenvalue weighted by Crippen LogP contribution is 2.21. The predicted molar refractivity (Wildman–Crippen MR) is 125 cm³/mol. The molecule has 4 heteroatoms. The van der Waals surface area contributed by atoms with Gasteiger partial charge in [0.1, 0.15) is 12.4 Å². The number of allylic oxidation sites excluding steroid dienone is 1. The van der Waals surface area contributed by atoms with Gasteiger partial charge < -0.3 is 9.26 Å². The van der Waals surface area contributed by atoms with Gasteiger partial charge in [0.15, 0.2) is 5.76 Å². The molecule has 0 atom stereocenters. The lowest BCUT2D eigenvalue weighted by molar-refractivity contribution is 0.304. The van der Waals surface area contributed by atoms with Crippen molar-refractivity contribution in [3.05, 3.63) is 84.1 Å². The molecule has 160 valence electrons. The van der Waals surface area contributed by atoms with Gasteiger partial charge in [-0.2, -0.15) is 0 Å². The Morgan fingerprint density at radius 2 is 1.87 bits per heavy atom. The molecule has 0 saturated heterocycles. The van der Waals surface area contributed by atoms with E-state index in [1.807, 2.05) is 42.5 Å². The number of aromatic nitrogens is 1. The zero-order valence-corrected chi connectivity index (χ0v) is 18.8. The Balaban J connectivity index is 1.53. The van der Waals surface area contributed by atoms with Crippen LogP contribution in [-0.2, 0) is 13.2 Å². The summed E-state index contributed by atoms with van der Waals surface area (Å²) in [6.07, 6.45) is 5.69. The number of benzene rings is 2. The topological polar surface area (TPSA) is 38.5 Å². The van der Waals surface area contributed by atoms with Crippen molar-refractivity contribution in [1.82, 2.24) is 10.1 Å². The van der Waals surface area contributed by atoms with E-state index in [4.69, 9.17) is 9.26 Å². The summed E-state index contributed by atoms with van der Waals surface area (Å²) in [7, 11) is 2.10. The molecule has 0 radical (unpaired) electrons. The molecule has 0 aliphatic heterocycles. The molecular weight excluding hydrogens is 384 g/mol. The van der Waals surface area contributed by atoms with E-state index in [2.05, 4.69) is 74.0 Å². The first-order valence-electron chi connectivity index (χ1n) is 10.5. The van der Waals surface area contributed by atoms with E-state index >= 15 is 0 Å². The second kappa shape index (κ2) is 10.7. The fourth-order valence-electron chi connectivity index (χ4n) is 3.01. The van der Waals surface area contributed by atoms with Crippen LogP contribution in [0.2, 0.25) is 0 Å². The monoisotopic (exact) mass is 414 g/mol. The van der Waals surface area contributed by atoms with E-state index < -0.39 is 0 Å². The summed E-state index contributed by atoms with van der Waals surface area (Å²) in [5, 5.41) is 3.77. The summed E-state index contributed by atoms with van der Waals surface area (Å²) >= 11 is 0. The standard InChI is InChI=1S/C27H30N2O2/c1-27(2,3)15-6-5-7-17-29(4)20-22-10-9-13-25(19-22)30-21-23-11-8-12-24(18-23)26-14-16-28-31-26/h5,7-14,16,18-19H,17,20-21H2,1-4H3/b7-5+. The Labute approximate surface area is 185 Å². The van der Waals surface area contributed by atoms with Crippen molar-refractivity contribution in [2.24, 2.45) is 5.41 Å². The average molecular weight is 415 g/mol. The molecule has 0 bridgehead atoms. The molecule has 3 rings (SSSR count). The first kappa shape index (κ1) is 22.4. The molecule has 0 unspecified atom stereocenters. The Hall–Kier alpha value is -3.29. The zero-order valence-electron chi connectivity index (χ0n) is 18.8.